The second kappa shape index (κ2) is 8.53. The molecule has 0 aromatic heterocycles. The molecule has 0 aliphatic heterocycles. The smallest absolute Gasteiger partial charge is 0.220 e. The van der Waals surface area contributed by atoms with Crippen LogP contribution in [0.15, 0.2) is 0 Å². The molecular formula is C10H22N2O2. The van der Waals surface area contributed by atoms with Gasteiger partial charge < -0.3 is 10.6 Å². The number of rotatable bonds is 3. The van der Waals surface area contributed by atoms with Gasteiger partial charge >= 0.3 is 0 Å². The van der Waals surface area contributed by atoms with Crippen LogP contribution in [-0.2, 0) is 9.59 Å². The van der Waals surface area contributed by atoms with Crippen molar-refractivity contribution in [1.82, 2.24) is 4.90 Å². The molecule has 0 aliphatic rings. The van der Waals surface area contributed by atoms with E-state index in [-0.39, 0.29) is 17.7 Å². The quantitative estimate of drug-likeness (QED) is 0.742. The van der Waals surface area contributed by atoms with Crippen molar-refractivity contribution in [2.75, 3.05) is 14.1 Å². The van der Waals surface area contributed by atoms with Crippen molar-refractivity contribution in [1.29, 1.82) is 0 Å². The Morgan fingerprint density at radius 1 is 1.21 bits per heavy atom. The number of primary amides is 1. The molecule has 4 heteroatoms. The summed E-state index contributed by atoms with van der Waals surface area (Å²) in [5.41, 5.74) is 5.02. The summed E-state index contributed by atoms with van der Waals surface area (Å²) in [4.78, 5) is 22.0. The molecule has 0 fully saturated rings. The molecule has 0 bridgehead atoms. The molecule has 0 heterocycles. The third kappa shape index (κ3) is 9.03. The Morgan fingerprint density at radius 2 is 1.50 bits per heavy atom. The van der Waals surface area contributed by atoms with Gasteiger partial charge in [-0.3, -0.25) is 9.59 Å². The summed E-state index contributed by atoms with van der Waals surface area (Å²) >= 11 is 0. The number of nitrogens with zero attached hydrogens (tertiary/aromatic N) is 1. The van der Waals surface area contributed by atoms with E-state index in [1.54, 1.807) is 14.1 Å². The van der Waals surface area contributed by atoms with Crippen LogP contribution in [0.25, 0.3) is 0 Å². The normalized spacial score (nSPS) is 9.00. The SMILES string of the molecule is CC(=O)N(C)C.CCC(CC)C(N)=O. The number of nitrogens with two attached hydrogens (primary N) is 1. The molecule has 0 aliphatic carbocycles. The van der Waals surface area contributed by atoms with E-state index in [1.165, 1.54) is 11.8 Å². The van der Waals surface area contributed by atoms with Gasteiger partial charge in [0.1, 0.15) is 0 Å². The maximum Gasteiger partial charge on any atom is 0.220 e. The second-order valence-corrected chi connectivity index (χ2v) is 3.33. The summed E-state index contributed by atoms with van der Waals surface area (Å²) in [7, 11) is 3.45. The zero-order valence-electron chi connectivity index (χ0n) is 9.83. The lowest BCUT2D eigenvalue weighted by Crippen LogP contribution is -2.21. The number of carbonyl (C=O) groups excluding carboxylic acids is 2. The van der Waals surface area contributed by atoms with Crippen LogP contribution >= 0.6 is 0 Å². The number of carbonyl (C=O) groups is 2. The first kappa shape index (κ1) is 15.4. The first-order valence-electron chi connectivity index (χ1n) is 4.83. The highest BCUT2D eigenvalue weighted by atomic mass is 16.2. The first-order valence-corrected chi connectivity index (χ1v) is 4.83. The van der Waals surface area contributed by atoms with E-state index >= 15 is 0 Å². The lowest BCUT2D eigenvalue weighted by atomic mass is 10.0. The predicted molar refractivity (Wildman–Crippen MR) is 57.6 cm³/mol. The minimum absolute atomic E-state index is 0.0926. The van der Waals surface area contributed by atoms with Crippen molar-refractivity contribution >= 4 is 11.8 Å². The molecule has 84 valence electrons. The van der Waals surface area contributed by atoms with E-state index in [1.807, 2.05) is 13.8 Å². The monoisotopic (exact) mass is 202 g/mol. The van der Waals surface area contributed by atoms with Crippen molar-refractivity contribution in [2.24, 2.45) is 11.7 Å². The maximum absolute atomic E-state index is 10.4. The van der Waals surface area contributed by atoms with Crippen molar-refractivity contribution in [3.63, 3.8) is 0 Å². The van der Waals surface area contributed by atoms with Gasteiger partial charge in [-0.15, -0.1) is 0 Å². The van der Waals surface area contributed by atoms with E-state index in [2.05, 4.69) is 0 Å². The van der Waals surface area contributed by atoms with Crippen molar-refractivity contribution in [2.45, 2.75) is 33.6 Å². The Balaban J connectivity index is 0. The highest BCUT2D eigenvalue weighted by Crippen LogP contribution is 2.04. The van der Waals surface area contributed by atoms with Crippen molar-refractivity contribution in [3.8, 4) is 0 Å². The fourth-order valence-electron chi connectivity index (χ4n) is 0.691. The summed E-state index contributed by atoms with van der Waals surface area (Å²) in [5.74, 6) is 0.0139. The minimum Gasteiger partial charge on any atom is -0.369 e. The third-order valence-electron chi connectivity index (χ3n) is 2.02. The molecule has 0 aromatic carbocycles. The Hall–Kier alpha value is -1.06. The van der Waals surface area contributed by atoms with E-state index in [9.17, 15) is 9.59 Å². The van der Waals surface area contributed by atoms with Gasteiger partial charge in [-0.2, -0.15) is 0 Å². The summed E-state index contributed by atoms with van der Waals surface area (Å²) in [6.07, 6.45) is 1.73. The molecule has 0 saturated heterocycles. The number of amides is 2. The van der Waals surface area contributed by atoms with E-state index < -0.39 is 0 Å². The summed E-state index contributed by atoms with van der Waals surface area (Å²) < 4.78 is 0. The van der Waals surface area contributed by atoms with Gasteiger partial charge in [0.05, 0.1) is 0 Å². The van der Waals surface area contributed by atoms with Gasteiger partial charge in [0.2, 0.25) is 11.8 Å². The van der Waals surface area contributed by atoms with Crippen LogP contribution in [0.4, 0.5) is 0 Å². The Kier molecular flexibility index (Phi) is 9.40. The van der Waals surface area contributed by atoms with E-state index in [0.29, 0.717) is 0 Å². The standard InChI is InChI=1S/C6H13NO.C4H9NO/c1-3-5(4-2)6(7)8;1-4(6)5(2)3/h5H,3-4H2,1-2H3,(H2,7,8);1-3H3. The minimum atomic E-state index is -0.171. The largest absolute Gasteiger partial charge is 0.369 e. The maximum atomic E-state index is 10.4. The first-order chi connectivity index (χ1) is 6.36. The highest BCUT2D eigenvalue weighted by molar-refractivity contribution is 5.76. The molecule has 4 nitrogen and oxygen atoms in total. The van der Waals surface area contributed by atoms with Crippen molar-refractivity contribution < 1.29 is 9.59 Å². The topological polar surface area (TPSA) is 63.4 Å². The second-order valence-electron chi connectivity index (χ2n) is 3.33. The molecule has 0 radical (unpaired) electrons. The summed E-state index contributed by atoms with van der Waals surface area (Å²) in [5, 5.41) is 0. The number of hydrogen-bond acceptors (Lipinski definition) is 2. The van der Waals surface area contributed by atoms with E-state index in [4.69, 9.17) is 5.73 Å². The van der Waals surface area contributed by atoms with Crippen LogP contribution in [0.5, 0.6) is 0 Å². The molecule has 0 aromatic rings. The predicted octanol–water partition coefficient (Wildman–Crippen LogP) is 1.00. The Labute approximate surface area is 86.5 Å². The van der Waals surface area contributed by atoms with E-state index in [0.717, 1.165) is 12.8 Å². The molecule has 2 N–H and O–H groups in total. The van der Waals surface area contributed by atoms with Gasteiger partial charge in [-0.25, -0.2) is 0 Å². The highest BCUT2D eigenvalue weighted by Gasteiger charge is 2.07. The van der Waals surface area contributed by atoms with Crippen LogP contribution in [0.2, 0.25) is 0 Å². The Morgan fingerprint density at radius 3 is 1.50 bits per heavy atom. The third-order valence-corrected chi connectivity index (χ3v) is 2.02. The van der Waals surface area contributed by atoms with Gasteiger partial charge in [0, 0.05) is 26.9 Å². The van der Waals surface area contributed by atoms with Gasteiger partial charge in [-0.1, -0.05) is 13.8 Å². The van der Waals surface area contributed by atoms with Crippen LogP contribution in [0.3, 0.4) is 0 Å². The summed E-state index contributed by atoms with van der Waals surface area (Å²) in [6.45, 7) is 5.47. The molecule has 0 unspecified atom stereocenters. The van der Waals surface area contributed by atoms with Gasteiger partial charge in [-0.05, 0) is 12.8 Å². The fourth-order valence-corrected chi connectivity index (χ4v) is 0.691. The fraction of sp³-hybridized carbons (Fsp3) is 0.800. The zero-order chi connectivity index (χ0) is 11.7. The van der Waals surface area contributed by atoms with Crippen LogP contribution in [0, 0.1) is 5.92 Å². The lowest BCUT2D eigenvalue weighted by molar-refractivity contribution is -0.126. The zero-order valence-corrected chi connectivity index (χ0v) is 9.83. The molecule has 0 spiro atoms. The molecule has 0 saturated carbocycles. The van der Waals surface area contributed by atoms with Crippen molar-refractivity contribution in [3.05, 3.63) is 0 Å². The van der Waals surface area contributed by atoms with Crippen LogP contribution in [-0.4, -0.2) is 30.8 Å². The number of hydrogen-bond donors (Lipinski definition) is 1. The molecule has 0 atom stereocenters. The molecule has 0 rings (SSSR count). The van der Waals surface area contributed by atoms with Crippen LogP contribution < -0.4 is 5.73 Å². The Bertz CT molecular complexity index is 175. The van der Waals surface area contributed by atoms with Gasteiger partial charge in [0.15, 0.2) is 0 Å². The average Bonchev–Trinajstić information content (AvgIpc) is 2.06. The summed E-state index contributed by atoms with van der Waals surface area (Å²) in [6, 6.07) is 0. The lowest BCUT2D eigenvalue weighted by Gasteiger charge is -2.04. The van der Waals surface area contributed by atoms with Gasteiger partial charge in [0.25, 0.3) is 0 Å². The van der Waals surface area contributed by atoms with Crippen LogP contribution in [0.1, 0.15) is 33.6 Å². The molecular weight excluding hydrogens is 180 g/mol. The molecule has 2 amide bonds. The average molecular weight is 202 g/mol. The molecule has 14 heavy (non-hydrogen) atoms.